The van der Waals surface area contributed by atoms with Gasteiger partial charge in [-0.1, -0.05) is 23.4 Å². The Balaban J connectivity index is 1.48. The zero-order chi connectivity index (χ0) is 23.0. The predicted molar refractivity (Wildman–Crippen MR) is 126 cm³/mol. The van der Waals surface area contributed by atoms with Crippen molar-refractivity contribution in [2.45, 2.75) is 32.2 Å². The average molecular weight is 447 g/mol. The number of methoxy groups -OCH3 is 1. The van der Waals surface area contributed by atoms with E-state index < -0.39 is 5.54 Å². The molecule has 1 fully saturated rings. The summed E-state index contributed by atoms with van der Waals surface area (Å²) < 4.78 is 21.2. The molecule has 0 spiro atoms. The van der Waals surface area contributed by atoms with E-state index in [1.54, 1.807) is 13.4 Å². The van der Waals surface area contributed by atoms with Gasteiger partial charge in [-0.25, -0.2) is 9.37 Å². The van der Waals surface area contributed by atoms with E-state index in [1.165, 1.54) is 12.1 Å². The summed E-state index contributed by atoms with van der Waals surface area (Å²) in [6.45, 7) is 5.38. The second kappa shape index (κ2) is 8.39. The van der Waals surface area contributed by atoms with Crippen molar-refractivity contribution in [3.05, 3.63) is 83.2 Å². The van der Waals surface area contributed by atoms with Crippen molar-refractivity contribution in [2.24, 2.45) is 5.16 Å². The van der Waals surface area contributed by atoms with Crippen LogP contribution in [-0.2, 0) is 10.4 Å². The molecule has 2 aliphatic heterocycles. The maximum Gasteiger partial charge on any atom is 0.172 e. The highest BCUT2D eigenvalue weighted by Crippen LogP contribution is 2.37. The molecule has 7 heteroatoms. The lowest BCUT2D eigenvalue weighted by Crippen LogP contribution is -2.55. The summed E-state index contributed by atoms with van der Waals surface area (Å²) in [7, 11) is 1.68. The molecule has 0 radical (unpaired) electrons. The molecule has 0 aliphatic carbocycles. The summed E-state index contributed by atoms with van der Waals surface area (Å²) in [5, 5.41) is 4.43. The number of fused-ring (bicyclic) bond motifs is 1. The van der Waals surface area contributed by atoms with Gasteiger partial charge in [-0.3, -0.25) is 0 Å². The maximum atomic E-state index is 13.5. The van der Waals surface area contributed by atoms with Gasteiger partial charge in [-0.2, -0.15) is 0 Å². The molecule has 0 N–H and O–H groups in total. The third kappa shape index (κ3) is 3.88. The molecule has 170 valence electrons. The quantitative estimate of drug-likeness (QED) is 0.562. The van der Waals surface area contributed by atoms with Crippen LogP contribution in [0.2, 0.25) is 0 Å². The average Bonchev–Trinajstić information content (AvgIpc) is 3.26. The second-order valence-corrected chi connectivity index (χ2v) is 8.75. The van der Waals surface area contributed by atoms with Gasteiger partial charge in [0, 0.05) is 12.7 Å². The molecule has 3 aromatic rings. The van der Waals surface area contributed by atoms with Gasteiger partial charge in [0.05, 0.1) is 24.8 Å². The third-order valence-electron chi connectivity index (χ3n) is 6.46. The van der Waals surface area contributed by atoms with E-state index in [1.807, 2.05) is 42.0 Å². The lowest BCUT2D eigenvalue weighted by atomic mass is 9.86. The zero-order valence-electron chi connectivity index (χ0n) is 19.1. The van der Waals surface area contributed by atoms with Crippen LogP contribution in [-0.4, -0.2) is 40.5 Å². The molecular formula is C26H27FN4O2. The van der Waals surface area contributed by atoms with Gasteiger partial charge in [0.2, 0.25) is 0 Å². The molecule has 2 aliphatic rings. The molecule has 1 aromatic heterocycles. The molecule has 5 rings (SSSR count). The Kier molecular flexibility index (Phi) is 5.40. The highest BCUT2D eigenvalue weighted by molar-refractivity contribution is 6.03. The number of aryl methyl sites for hydroxylation is 1. The summed E-state index contributed by atoms with van der Waals surface area (Å²) in [6.07, 6.45) is 7.82. The number of piperidine rings is 1. The van der Waals surface area contributed by atoms with Gasteiger partial charge in [-0.05, 0) is 73.7 Å². The normalized spacial score (nSPS) is 21.4. The lowest BCUT2D eigenvalue weighted by Gasteiger charge is -2.47. The largest absolute Gasteiger partial charge is 0.495 e. The van der Waals surface area contributed by atoms with Crippen molar-refractivity contribution in [3.8, 4) is 11.4 Å². The van der Waals surface area contributed by atoms with Crippen LogP contribution in [0.1, 0.15) is 36.6 Å². The predicted octanol–water partition coefficient (Wildman–Crippen LogP) is 5.07. The Bertz CT molecular complexity index is 1230. The zero-order valence-corrected chi connectivity index (χ0v) is 19.1. The molecule has 33 heavy (non-hydrogen) atoms. The Hall–Kier alpha value is -3.61. The standard InChI is InChI=1S/C26H27FN4O2/c1-18-15-30(17-28-18)23-11-6-19(14-24(23)32-3)13-20-5-4-12-31-25(20)29-33-16-26(31,2)21-7-9-22(27)10-8-21/h6-11,13-15,17H,4-5,12,16H2,1-3H3/t26-/m0/s1. The molecule has 0 unspecified atom stereocenters. The number of hydrogen-bond acceptors (Lipinski definition) is 5. The molecular weight excluding hydrogens is 419 g/mol. The van der Waals surface area contributed by atoms with Crippen LogP contribution >= 0.6 is 0 Å². The number of aromatic nitrogens is 2. The first-order valence-electron chi connectivity index (χ1n) is 11.1. The third-order valence-corrected chi connectivity index (χ3v) is 6.46. The van der Waals surface area contributed by atoms with Gasteiger partial charge >= 0.3 is 0 Å². The first-order valence-corrected chi connectivity index (χ1v) is 11.1. The van der Waals surface area contributed by atoms with Crippen molar-refractivity contribution in [1.29, 1.82) is 0 Å². The SMILES string of the molecule is COc1cc(C=C2CCCN3C2=NOC[C@@]3(C)c2ccc(F)cc2)ccc1-n1cnc(C)c1. The van der Waals surface area contributed by atoms with Crippen molar-refractivity contribution < 1.29 is 14.0 Å². The highest BCUT2D eigenvalue weighted by Gasteiger charge is 2.42. The van der Waals surface area contributed by atoms with Crippen molar-refractivity contribution >= 4 is 11.9 Å². The minimum absolute atomic E-state index is 0.240. The van der Waals surface area contributed by atoms with Crippen LogP contribution < -0.4 is 4.74 Å². The van der Waals surface area contributed by atoms with Gasteiger partial charge in [0.25, 0.3) is 0 Å². The first-order chi connectivity index (χ1) is 16.0. The van der Waals surface area contributed by atoms with Crippen molar-refractivity contribution in [1.82, 2.24) is 14.5 Å². The Morgan fingerprint density at radius 1 is 1.18 bits per heavy atom. The monoisotopic (exact) mass is 446 g/mol. The number of rotatable bonds is 4. The van der Waals surface area contributed by atoms with Gasteiger partial charge in [-0.15, -0.1) is 0 Å². The van der Waals surface area contributed by atoms with Crippen LogP contribution in [0, 0.1) is 12.7 Å². The first kappa shape index (κ1) is 21.2. The number of hydrogen-bond donors (Lipinski definition) is 0. The Morgan fingerprint density at radius 3 is 2.73 bits per heavy atom. The van der Waals surface area contributed by atoms with Gasteiger partial charge in [0.15, 0.2) is 5.84 Å². The Morgan fingerprint density at radius 2 is 2.00 bits per heavy atom. The minimum atomic E-state index is -0.412. The number of ether oxygens (including phenoxy) is 1. The summed E-state index contributed by atoms with van der Waals surface area (Å²) in [5.74, 6) is 1.37. The number of amidine groups is 1. The van der Waals surface area contributed by atoms with Crippen molar-refractivity contribution in [3.63, 3.8) is 0 Å². The van der Waals surface area contributed by atoms with E-state index in [-0.39, 0.29) is 5.82 Å². The fourth-order valence-corrected chi connectivity index (χ4v) is 4.64. The lowest BCUT2D eigenvalue weighted by molar-refractivity contribution is 0.00241. The van der Waals surface area contributed by atoms with Gasteiger partial charge in [0.1, 0.15) is 23.7 Å². The van der Waals surface area contributed by atoms with Crippen LogP contribution in [0.15, 0.2) is 65.7 Å². The highest BCUT2D eigenvalue weighted by atomic mass is 19.1. The van der Waals surface area contributed by atoms with E-state index in [9.17, 15) is 4.39 Å². The Labute approximate surface area is 192 Å². The molecule has 3 heterocycles. The molecule has 1 saturated heterocycles. The summed E-state index contributed by atoms with van der Waals surface area (Å²) in [6, 6.07) is 12.8. The fraction of sp³-hybridized carbons (Fsp3) is 0.308. The molecule has 0 amide bonds. The van der Waals surface area contributed by atoms with Crippen LogP contribution in [0.5, 0.6) is 5.75 Å². The number of nitrogens with zero attached hydrogens (tertiary/aromatic N) is 4. The van der Waals surface area contributed by atoms with E-state index in [4.69, 9.17) is 9.57 Å². The van der Waals surface area contributed by atoms with Crippen LogP contribution in [0.25, 0.3) is 11.8 Å². The molecule has 6 nitrogen and oxygen atoms in total. The summed E-state index contributed by atoms with van der Waals surface area (Å²) >= 11 is 0. The van der Waals surface area contributed by atoms with Crippen molar-refractivity contribution in [2.75, 3.05) is 20.3 Å². The van der Waals surface area contributed by atoms with Crippen LogP contribution in [0.3, 0.4) is 0 Å². The topological polar surface area (TPSA) is 51.9 Å². The van der Waals surface area contributed by atoms with E-state index >= 15 is 0 Å². The smallest absolute Gasteiger partial charge is 0.172 e. The number of imidazole rings is 1. The molecule has 1 atom stereocenters. The number of halogens is 1. The van der Waals surface area contributed by atoms with E-state index in [0.29, 0.717) is 6.61 Å². The summed E-state index contributed by atoms with van der Waals surface area (Å²) in [5.41, 5.74) is 4.63. The number of benzene rings is 2. The van der Waals surface area contributed by atoms with Gasteiger partial charge < -0.3 is 19.0 Å². The van der Waals surface area contributed by atoms with E-state index in [2.05, 4.69) is 34.1 Å². The maximum absolute atomic E-state index is 13.5. The second-order valence-electron chi connectivity index (χ2n) is 8.75. The molecule has 2 aromatic carbocycles. The minimum Gasteiger partial charge on any atom is -0.495 e. The fourth-order valence-electron chi connectivity index (χ4n) is 4.64. The van der Waals surface area contributed by atoms with Crippen LogP contribution in [0.4, 0.5) is 4.39 Å². The summed E-state index contributed by atoms with van der Waals surface area (Å²) in [4.78, 5) is 12.3. The van der Waals surface area contributed by atoms with E-state index in [0.717, 1.165) is 59.1 Å². The molecule has 0 bridgehead atoms. The number of oxime groups is 1. The molecule has 0 saturated carbocycles.